The van der Waals surface area contributed by atoms with Crippen molar-refractivity contribution in [3.8, 4) is 0 Å². The van der Waals surface area contributed by atoms with Gasteiger partial charge in [0.15, 0.2) is 5.96 Å². The van der Waals surface area contributed by atoms with Gasteiger partial charge in [-0.3, -0.25) is 9.48 Å². The van der Waals surface area contributed by atoms with Crippen molar-refractivity contribution in [3.05, 3.63) is 17.0 Å². The summed E-state index contributed by atoms with van der Waals surface area (Å²) in [6.45, 7) is 8.25. The molecule has 0 aliphatic carbocycles. The Hall–Kier alpha value is -2.05. The number of aliphatic imine (C=N–C) groups is 1. The summed E-state index contributed by atoms with van der Waals surface area (Å²) in [7, 11) is 3.80. The first-order valence-electron chi connectivity index (χ1n) is 8.20. The van der Waals surface area contributed by atoms with Gasteiger partial charge in [0.05, 0.1) is 12.2 Å². The molecule has 0 saturated carbocycles. The molecule has 0 radical (unpaired) electrons. The number of guanidine groups is 1. The zero-order valence-corrected chi connectivity index (χ0v) is 14.8. The van der Waals surface area contributed by atoms with Crippen LogP contribution in [-0.4, -0.2) is 52.7 Å². The quantitative estimate of drug-likeness (QED) is 0.633. The van der Waals surface area contributed by atoms with Gasteiger partial charge < -0.3 is 15.5 Å². The summed E-state index contributed by atoms with van der Waals surface area (Å²) in [5.41, 5.74) is 3.33. The molecule has 1 fully saturated rings. The van der Waals surface area contributed by atoms with Crippen LogP contribution < -0.4 is 10.6 Å². The number of likely N-dealkylation sites (N-methyl/N-ethyl adjacent to an activating group) is 1. The van der Waals surface area contributed by atoms with Gasteiger partial charge >= 0.3 is 0 Å². The first-order valence-corrected chi connectivity index (χ1v) is 8.20. The average molecular weight is 320 g/mol. The summed E-state index contributed by atoms with van der Waals surface area (Å²) in [6.07, 6.45) is 1.44. The Labute approximate surface area is 138 Å². The number of piperidine rings is 1. The van der Waals surface area contributed by atoms with E-state index in [0.29, 0.717) is 19.5 Å². The third-order valence-corrected chi connectivity index (χ3v) is 4.37. The van der Waals surface area contributed by atoms with E-state index in [-0.39, 0.29) is 11.9 Å². The Kier molecular flexibility index (Phi) is 5.63. The van der Waals surface area contributed by atoms with Crippen LogP contribution in [0.15, 0.2) is 4.99 Å². The van der Waals surface area contributed by atoms with Crippen LogP contribution in [0.3, 0.4) is 0 Å². The maximum absolute atomic E-state index is 11.6. The minimum Gasteiger partial charge on any atom is -0.357 e. The maximum Gasteiger partial charge on any atom is 0.222 e. The fourth-order valence-electron chi connectivity index (χ4n) is 2.85. The summed E-state index contributed by atoms with van der Waals surface area (Å²) in [6, 6.07) is 0.242. The van der Waals surface area contributed by atoms with E-state index >= 15 is 0 Å². The minimum absolute atomic E-state index is 0.214. The number of aromatic nitrogens is 2. The van der Waals surface area contributed by atoms with E-state index in [1.54, 1.807) is 4.90 Å². The Morgan fingerprint density at radius 1 is 1.39 bits per heavy atom. The van der Waals surface area contributed by atoms with Crippen molar-refractivity contribution >= 4 is 11.9 Å². The first-order chi connectivity index (χ1) is 10.9. The Morgan fingerprint density at radius 2 is 2.13 bits per heavy atom. The summed E-state index contributed by atoms with van der Waals surface area (Å²) in [5.74, 6) is 1.01. The summed E-state index contributed by atoms with van der Waals surface area (Å²) < 4.78 is 1.89. The van der Waals surface area contributed by atoms with Crippen molar-refractivity contribution in [1.29, 1.82) is 0 Å². The lowest BCUT2D eigenvalue weighted by molar-refractivity contribution is -0.132. The van der Waals surface area contributed by atoms with E-state index in [4.69, 9.17) is 4.99 Å². The van der Waals surface area contributed by atoms with Crippen LogP contribution in [0.1, 0.15) is 36.7 Å². The third kappa shape index (κ3) is 4.24. The topological polar surface area (TPSA) is 74.5 Å². The lowest BCUT2D eigenvalue weighted by Crippen LogP contribution is -2.51. The lowest BCUT2D eigenvalue weighted by atomic mass is 10.1. The van der Waals surface area contributed by atoms with Gasteiger partial charge in [0.1, 0.15) is 0 Å². The van der Waals surface area contributed by atoms with Gasteiger partial charge in [-0.05, 0) is 27.2 Å². The molecule has 1 amide bonds. The molecule has 1 aliphatic rings. The van der Waals surface area contributed by atoms with Gasteiger partial charge in [0.2, 0.25) is 5.91 Å². The van der Waals surface area contributed by atoms with E-state index in [1.165, 1.54) is 5.56 Å². The average Bonchev–Trinajstić information content (AvgIpc) is 2.74. The number of nitrogens with one attached hydrogen (secondary N) is 2. The molecule has 0 aromatic carbocycles. The molecule has 0 spiro atoms. The number of rotatable bonds is 4. The number of likely N-dealkylation sites (tertiary alicyclic amines) is 1. The lowest BCUT2D eigenvalue weighted by Gasteiger charge is -2.31. The third-order valence-electron chi connectivity index (χ3n) is 4.37. The van der Waals surface area contributed by atoms with Crippen molar-refractivity contribution in [2.24, 2.45) is 12.0 Å². The number of carbonyl (C=O) groups excluding carboxylic acids is 1. The second kappa shape index (κ2) is 7.48. The number of hydrogen-bond donors (Lipinski definition) is 2. The molecule has 7 nitrogen and oxygen atoms in total. The number of hydrogen-bond acceptors (Lipinski definition) is 3. The van der Waals surface area contributed by atoms with E-state index in [1.807, 2.05) is 32.6 Å². The Balaban J connectivity index is 2.04. The molecule has 1 aliphatic heterocycles. The van der Waals surface area contributed by atoms with Crippen LogP contribution in [0.4, 0.5) is 0 Å². The molecular weight excluding hydrogens is 292 g/mol. The number of aryl methyl sites for hydroxylation is 2. The zero-order valence-electron chi connectivity index (χ0n) is 14.8. The predicted octanol–water partition coefficient (Wildman–Crippen LogP) is 0.713. The smallest absolute Gasteiger partial charge is 0.222 e. The first kappa shape index (κ1) is 17.3. The van der Waals surface area contributed by atoms with Crippen molar-refractivity contribution in [2.75, 3.05) is 20.1 Å². The van der Waals surface area contributed by atoms with Crippen LogP contribution in [0, 0.1) is 13.8 Å². The highest BCUT2D eigenvalue weighted by Crippen LogP contribution is 2.13. The SMILES string of the molecule is CCNC(=NCc1c(C)nn(C)c1C)NC1CCC(=O)N(C)C1. The van der Waals surface area contributed by atoms with Crippen molar-refractivity contribution in [2.45, 2.75) is 46.2 Å². The van der Waals surface area contributed by atoms with Gasteiger partial charge in [-0.15, -0.1) is 0 Å². The van der Waals surface area contributed by atoms with Crippen LogP contribution in [0.5, 0.6) is 0 Å². The molecule has 2 heterocycles. The molecule has 2 N–H and O–H groups in total. The predicted molar refractivity (Wildman–Crippen MR) is 91.3 cm³/mol. The molecule has 0 bridgehead atoms. The van der Waals surface area contributed by atoms with Gasteiger partial charge in [-0.1, -0.05) is 0 Å². The number of amides is 1. The highest BCUT2D eigenvalue weighted by molar-refractivity contribution is 5.81. The second-order valence-corrected chi connectivity index (χ2v) is 6.12. The van der Waals surface area contributed by atoms with Gasteiger partial charge in [-0.25, -0.2) is 4.99 Å². The summed E-state index contributed by atoms with van der Waals surface area (Å²) >= 11 is 0. The molecule has 2 rings (SSSR count). The molecule has 1 saturated heterocycles. The van der Waals surface area contributed by atoms with Crippen molar-refractivity contribution < 1.29 is 4.79 Å². The maximum atomic E-state index is 11.6. The molecular formula is C16H28N6O. The normalized spacial score (nSPS) is 19.2. The Morgan fingerprint density at radius 3 is 2.70 bits per heavy atom. The molecule has 1 atom stereocenters. The Bertz CT molecular complexity index is 592. The molecule has 1 aromatic heterocycles. The van der Waals surface area contributed by atoms with Crippen LogP contribution in [-0.2, 0) is 18.4 Å². The monoisotopic (exact) mass is 320 g/mol. The standard InChI is InChI=1S/C16H28N6O/c1-6-17-16(19-13-7-8-15(23)21(4)10-13)18-9-14-11(2)20-22(5)12(14)3/h13H,6-10H2,1-5H3,(H2,17,18,19). The van der Waals surface area contributed by atoms with Gasteiger partial charge in [0.25, 0.3) is 0 Å². The molecule has 7 heteroatoms. The van der Waals surface area contributed by atoms with Crippen molar-refractivity contribution in [1.82, 2.24) is 25.3 Å². The minimum atomic E-state index is 0.214. The van der Waals surface area contributed by atoms with E-state index in [9.17, 15) is 4.79 Å². The van der Waals surface area contributed by atoms with Crippen LogP contribution >= 0.6 is 0 Å². The number of nitrogens with zero attached hydrogens (tertiary/aromatic N) is 4. The fourth-order valence-corrected chi connectivity index (χ4v) is 2.85. The summed E-state index contributed by atoms with van der Waals surface area (Å²) in [5, 5.41) is 11.2. The van der Waals surface area contributed by atoms with Gasteiger partial charge in [0, 0.05) is 50.9 Å². The highest BCUT2D eigenvalue weighted by atomic mass is 16.2. The van der Waals surface area contributed by atoms with Gasteiger partial charge in [-0.2, -0.15) is 5.10 Å². The van der Waals surface area contributed by atoms with Crippen LogP contribution in [0.25, 0.3) is 0 Å². The second-order valence-electron chi connectivity index (χ2n) is 6.12. The number of carbonyl (C=O) groups is 1. The van der Waals surface area contributed by atoms with Crippen molar-refractivity contribution in [3.63, 3.8) is 0 Å². The molecule has 1 unspecified atom stereocenters. The van der Waals surface area contributed by atoms with E-state index < -0.39 is 0 Å². The highest BCUT2D eigenvalue weighted by Gasteiger charge is 2.23. The fraction of sp³-hybridized carbons (Fsp3) is 0.688. The molecule has 1 aromatic rings. The molecule has 128 valence electrons. The molecule has 23 heavy (non-hydrogen) atoms. The van der Waals surface area contributed by atoms with E-state index in [2.05, 4.69) is 22.7 Å². The largest absolute Gasteiger partial charge is 0.357 e. The zero-order chi connectivity index (χ0) is 17.0. The summed E-state index contributed by atoms with van der Waals surface area (Å²) in [4.78, 5) is 18.1. The van der Waals surface area contributed by atoms with Crippen LogP contribution in [0.2, 0.25) is 0 Å². The van der Waals surface area contributed by atoms with E-state index in [0.717, 1.165) is 30.3 Å².